The van der Waals surface area contributed by atoms with Gasteiger partial charge in [-0.2, -0.15) is 0 Å². The number of esters is 1. The summed E-state index contributed by atoms with van der Waals surface area (Å²) in [6.07, 6.45) is -29.6. The summed E-state index contributed by atoms with van der Waals surface area (Å²) in [6, 6.07) is 12.1. The average molecular weight is 975 g/mol. The normalized spacial score (nSPS) is 31.4. The Kier molecular flexibility index (Phi) is 14.7. The molecule has 0 aliphatic carbocycles. The highest BCUT2D eigenvalue weighted by atomic mass is 16.8. The number of aliphatic carboxylic acids is 3. The maximum Gasteiger partial charge on any atom is 0.335 e. The lowest BCUT2D eigenvalue weighted by molar-refractivity contribution is -0.350. The van der Waals surface area contributed by atoms with Crippen LogP contribution in [0.1, 0.15) is 5.56 Å². The van der Waals surface area contributed by atoms with E-state index < -0.39 is 127 Å². The molecule has 7 rings (SSSR count). The molecule has 69 heavy (non-hydrogen) atoms. The Hall–Kier alpha value is -6.95. The Bertz CT molecular complexity index is 2650. The van der Waals surface area contributed by atoms with Gasteiger partial charge < -0.3 is 104 Å². The lowest BCUT2D eigenvalue weighted by Gasteiger charge is -2.45. The zero-order chi connectivity index (χ0) is 50.2. The van der Waals surface area contributed by atoms with Gasteiger partial charge in [0.25, 0.3) is 0 Å². The minimum absolute atomic E-state index is 0.0513. The van der Waals surface area contributed by atoms with E-state index in [9.17, 15) is 85.3 Å². The number of carbonyl (C=O) groups is 4. The summed E-state index contributed by atoms with van der Waals surface area (Å²) in [6.45, 7) is 0. The number of aliphatic hydroxyl groups is 7. The molecule has 0 saturated carbocycles. The number of methoxy groups -OCH3 is 1. The van der Waals surface area contributed by atoms with Crippen molar-refractivity contribution in [3.8, 4) is 40.1 Å². The number of carbonyl (C=O) groups excluding carboxylic acids is 1. The number of carboxylic acid groups (broad SMARTS) is 3. The van der Waals surface area contributed by atoms with E-state index in [0.717, 1.165) is 24.3 Å². The monoisotopic (exact) mass is 974 g/mol. The van der Waals surface area contributed by atoms with Crippen molar-refractivity contribution in [3.63, 3.8) is 0 Å². The van der Waals surface area contributed by atoms with Gasteiger partial charge in [0.2, 0.25) is 12.6 Å². The molecule has 3 saturated heterocycles. The molecule has 3 fully saturated rings. The molecule has 26 nitrogen and oxygen atoms in total. The Labute approximate surface area is 385 Å². The number of hydrogen-bond donors (Lipinski definition) is 12. The Morgan fingerprint density at radius 3 is 1.77 bits per heavy atom. The molecule has 1 aromatic heterocycles. The molecule has 370 valence electrons. The maximum atomic E-state index is 13.2. The summed E-state index contributed by atoms with van der Waals surface area (Å²) in [5, 5.41) is 123. The van der Waals surface area contributed by atoms with Gasteiger partial charge in [-0.25, -0.2) is 19.2 Å². The van der Waals surface area contributed by atoms with Gasteiger partial charge >= 0.3 is 23.9 Å². The van der Waals surface area contributed by atoms with Crippen molar-refractivity contribution in [3.05, 3.63) is 82.5 Å². The maximum absolute atomic E-state index is 13.2. The third-order valence-electron chi connectivity index (χ3n) is 11.0. The first-order valence-electron chi connectivity index (χ1n) is 20.2. The Morgan fingerprint density at radius 1 is 0.594 bits per heavy atom. The largest absolute Gasteiger partial charge is 0.507 e. The van der Waals surface area contributed by atoms with Gasteiger partial charge in [0.1, 0.15) is 76.7 Å². The fourth-order valence-electron chi connectivity index (χ4n) is 7.42. The standard InChI is InChI=1S/C43H42O26/c1-61-22-10-14(2-8-18(22)44)3-9-24(47)65-36-30(52)28(50)35(40(59)60)68-43(36)69-37-31(53)29(51)34(39(57)58)67-42(37)62-16-6-4-15(5-7-16)21-13-20(46)25-19(45)11-17(12-23(25)64-21)63-41-32(54)26(48)27(49)33(66-41)38(55)56/h2-13,26-37,41-45,48-54H,1H3,(H,55,56)(H,57,58)(H,59,60)/b9-3+. The summed E-state index contributed by atoms with van der Waals surface area (Å²) in [5.74, 6) is -8.00. The fraction of sp³-hybridized carbons (Fsp3) is 0.372. The molecule has 4 heterocycles. The smallest absolute Gasteiger partial charge is 0.335 e. The van der Waals surface area contributed by atoms with E-state index in [0.29, 0.717) is 5.56 Å². The molecule has 3 aliphatic heterocycles. The number of phenolic OH excluding ortho intramolecular Hbond substituents is 2. The lowest BCUT2D eigenvalue weighted by Crippen LogP contribution is -2.66. The van der Waals surface area contributed by atoms with E-state index >= 15 is 0 Å². The van der Waals surface area contributed by atoms with Crippen LogP contribution < -0.4 is 19.6 Å². The van der Waals surface area contributed by atoms with Crippen molar-refractivity contribution < 1.29 is 123 Å². The number of carboxylic acids is 3. The molecule has 0 amide bonds. The highest BCUT2D eigenvalue weighted by molar-refractivity contribution is 5.88. The number of fused-ring (bicyclic) bond motifs is 1. The predicted octanol–water partition coefficient (Wildman–Crippen LogP) is -2.40. The quantitative estimate of drug-likeness (QED) is 0.0463. The number of ether oxygens (including phenoxy) is 8. The fourth-order valence-corrected chi connectivity index (χ4v) is 7.42. The van der Waals surface area contributed by atoms with E-state index in [1.807, 2.05) is 0 Å². The van der Waals surface area contributed by atoms with Crippen molar-refractivity contribution in [1.29, 1.82) is 0 Å². The van der Waals surface area contributed by atoms with E-state index in [1.165, 1.54) is 55.7 Å². The van der Waals surface area contributed by atoms with Crippen molar-refractivity contribution in [1.82, 2.24) is 0 Å². The average Bonchev–Trinajstić information content (AvgIpc) is 3.30. The molecule has 4 aromatic rings. The van der Waals surface area contributed by atoms with Crippen LogP contribution in [-0.4, -0.2) is 184 Å². The number of aliphatic hydroxyl groups excluding tert-OH is 7. The summed E-state index contributed by atoms with van der Waals surface area (Å²) < 4.78 is 49.3. The van der Waals surface area contributed by atoms with Crippen LogP contribution in [0.3, 0.4) is 0 Å². The van der Waals surface area contributed by atoms with Crippen molar-refractivity contribution in [2.24, 2.45) is 0 Å². The molecule has 0 bridgehead atoms. The minimum Gasteiger partial charge on any atom is -0.507 e. The van der Waals surface area contributed by atoms with Crippen LogP contribution in [0.5, 0.6) is 28.7 Å². The van der Waals surface area contributed by atoms with Gasteiger partial charge in [0, 0.05) is 29.8 Å². The first kappa shape index (κ1) is 49.9. The van der Waals surface area contributed by atoms with Crippen LogP contribution in [0.4, 0.5) is 0 Å². The van der Waals surface area contributed by atoms with E-state index in [4.69, 9.17) is 42.3 Å². The highest BCUT2D eigenvalue weighted by Gasteiger charge is 2.55. The number of aromatic hydroxyl groups is 2. The molecule has 3 aliphatic rings. The van der Waals surface area contributed by atoms with Crippen LogP contribution in [-0.2, 0) is 42.9 Å². The summed E-state index contributed by atoms with van der Waals surface area (Å²) in [4.78, 5) is 61.9. The Morgan fingerprint density at radius 2 is 1.16 bits per heavy atom. The molecule has 3 aromatic carbocycles. The van der Waals surface area contributed by atoms with Crippen LogP contribution >= 0.6 is 0 Å². The Balaban J connectivity index is 1.13. The molecule has 12 N–H and O–H groups in total. The lowest BCUT2D eigenvalue weighted by atomic mass is 9.96. The second-order valence-electron chi connectivity index (χ2n) is 15.5. The second-order valence-corrected chi connectivity index (χ2v) is 15.5. The highest BCUT2D eigenvalue weighted by Crippen LogP contribution is 2.36. The zero-order valence-electron chi connectivity index (χ0n) is 35.2. The van der Waals surface area contributed by atoms with Crippen molar-refractivity contribution >= 4 is 40.9 Å². The SMILES string of the molecule is COc1cc(/C=C/C(=O)OC2C(OC3C(Oc4ccc(-c5cc(=O)c6c(O)cc(OC7OC(C(=O)O)C(O)C(O)C7O)cc6o5)cc4)OC(C(=O)O)C(O)C3O)OC(C(=O)O)C(O)C2O)ccc1O. The van der Waals surface area contributed by atoms with E-state index in [2.05, 4.69) is 0 Å². The zero-order valence-corrected chi connectivity index (χ0v) is 35.2. The van der Waals surface area contributed by atoms with Gasteiger partial charge in [-0.3, -0.25) is 4.79 Å². The topological polar surface area (TPSA) is 415 Å². The third-order valence-corrected chi connectivity index (χ3v) is 11.0. The molecular formula is C43H42O26. The number of hydrogen-bond acceptors (Lipinski definition) is 23. The third kappa shape index (κ3) is 10.4. The van der Waals surface area contributed by atoms with Crippen molar-refractivity contribution in [2.75, 3.05) is 7.11 Å². The number of rotatable bonds is 14. The van der Waals surface area contributed by atoms with Crippen LogP contribution in [0.25, 0.3) is 28.4 Å². The second kappa shape index (κ2) is 20.3. The molecule has 15 unspecified atom stereocenters. The van der Waals surface area contributed by atoms with Gasteiger partial charge in [-0.05, 0) is 48.0 Å². The van der Waals surface area contributed by atoms with Crippen molar-refractivity contribution in [2.45, 2.75) is 92.1 Å². The van der Waals surface area contributed by atoms with Crippen LogP contribution in [0.2, 0.25) is 0 Å². The first-order chi connectivity index (χ1) is 32.7. The van der Waals surface area contributed by atoms with Gasteiger partial charge in [-0.1, -0.05) is 6.07 Å². The van der Waals surface area contributed by atoms with Gasteiger partial charge in [0.15, 0.2) is 53.7 Å². The number of benzene rings is 3. The summed E-state index contributed by atoms with van der Waals surface area (Å²) in [7, 11) is 1.28. The van der Waals surface area contributed by atoms with Gasteiger partial charge in [-0.15, -0.1) is 0 Å². The molecule has 0 spiro atoms. The summed E-state index contributed by atoms with van der Waals surface area (Å²) in [5.41, 5.74) is -0.606. The van der Waals surface area contributed by atoms with Crippen LogP contribution in [0, 0.1) is 0 Å². The molecular weight excluding hydrogens is 932 g/mol. The molecule has 26 heteroatoms. The first-order valence-corrected chi connectivity index (χ1v) is 20.2. The van der Waals surface area contributed by atoms with Crippen LogP contribution in [0.15, 0.2) is 76.0 Å². The molecule has 15 atom stereocenters. The van der Waals surface area contributed by atoms with E-state index in [1.54, 1.807) is 0 Å². The minimum atomic E-state index is -2.25. The number of phenols is 2. The predicted molar refractivity (Wildman–Crippen MR) is 220 cm³/mol. The molecule has 0 radical (unpaired) electrons. The van der Waals surface area contributed by atoms with Gasteiger partial charge in [0.05, 0.1) is 7.11 Å². The summed E-state index contributed by atoms with van der Waals surface area (Å²) >= 11 is 0. The van der Waals surface area contributed by atoms with E-state index in [-0.39, 0.29) is 45.3 Å².